The molecule has 1 saturated carbocycles. The van der Waals surface area contributed by atoms with Gasteiger partial charge in [-0.1, -0.05) is 12.8 Å². The number of nitrogens with zero attached hydrogens (tertiary/aromatic N) is 3. The third-order valence-corrected chi connectivity index (χ3v) is 3.61. The van der Waals surface area contributed by atoms with Gasteiger partial charge in [0, 0.05) is 11.7 Å². The summed E-state index contributed by atoms with van der Waals surface area (Å²) in [5, 5.41) is 14.6. The Bertz CT molecular complexity index is 581. The van der Waals surface area contributed by atoms with Gasteiger partial charge in [0.25, 0.3) is 0 Å². The van der Waals surface area contributed by atoms with Crippen LogP contribution in [0.4, 0.5) is 17.5 Å². The van der Waals surface area contributed by atoms with Gasteiger partial charge in [-0.2, -0.15) is 10.1 Å². The van der Waals surface area contributed by atoms with Crippen molar-refractivity contribution >= 4 is 17.5 Å². The molecule has 1 aromatic carbocycles. The molecule has 1 fully saturated rings. The molecule has 0 radical (unpaired) electrons. The van der Waals surface area contributed by atoms with Crippen molar-refractivity contribution in [2.45, 2.75) is 31.7 Å². The average Bonchev–Trinajstić information content (AvgIpc) is 3.01. The molecule has 3 rings (SSSR count). The van der Waals surface area contributed by atoms with Crippen molar-refractivity contribution in [3.05, 3.63) is 30.5 Å². The second-order valence-electron chi connectivity index (χ2n) is 5.14. The standard InChI is InChI=1S/C15H19N5O/c1-21-13-8-6-12(7-9-13)18-15-19-14(10-16-20-15)17-11-4-2-3-5-11/h6-11H,2-5H2,1H3,(H2,17,18,19,20). The maximum Gasteiger partial charge on any atom is 0.249 e. The number of benzene rings is 1. The van der Waals surface area contributed by atoms with E-state index < -0.39 is 0 Å². The first-order chi connectivity index (χ1) is 10.3. The number of nitrogens with one attached hydrogen (secondary N) is 2. The summed E-state index contributed by atoms with van der Waals surface area (Å²) in [5.41, 5.74) is 0.899. The van der Waals surface area contributed by atoms with Crippen LogP contribution in [0, 0.1) is 0 Å². The van der Waals surface area contributed by atoms with E-state index in [0.29, 0.717) is 12.0 Å². The number of ether oxygens (including phenoxy) is 1. The summed E-state index contributed by atoms with van der Waals surface area (Å²) in [5.74, 6) is 2.08. The number of hydrogen-bond donors (Lipinski definition) is 2. The molecular formula is C15H19N5O. The minimum absolute atomic E-state index is 0.489. The van der Waals surface area contributed by atoms with Gasteiger partial charge in [0.05, 0.1) is 13.3 Å². The monoisotopic (exact) mass is 285 g/mol. The van der Waals surface area contributed by atoms with Gasteiger partial charge in [-0.3, -0.25) is 0 Å². The lowest BCUT2D eigenvalue weighted by Crippen LogP contribution is -2.16. The fourth-order valence-corrected chi connectivity index (χ4v) is 2.51. The highest BCUT2D eigenvalue weighted by molar-refractivity contribution is 5.55. The van der Waals surface area contributed by atoms with Crippen LogP contribution in [0.3, 0.4) is 0 Å². The van der Waals surface area contributed by atoms with Crippen molar-refractivity contribution in [3.63, 3.8) is 0 Å². The van der Waals surface area contributed by atoms with Gasteiger partial charge in [-0.05, 0) is 37.1 Å². The van der Waals surface area contributed by atoms with E-state index in [-0.39, 0.29) is 0 Å². The Labute approximate surface area is 124 Å². The molecule has 0 atom stereocenters. The highest BCUT2D eigenvalue weighted by Crippen LogP contribution is 2.22. The van der Waals surface area contributed by atoms with Crippen LogP contribution in [-0.4, -0.2) is 28.3 Å². The molecule has 1 heterocycles. The van der Waals surface area contributed by atoms with Crippen LogP contribution < -0.4 is 15.4 Å². The van der Waals surface area contributed by atoms with E-state index in [4.69, 9.17) is 4.74 Å². The quantitative estimate of drug-likeness (QED) is 0.880. The predicted molar refractivity (Wildman–Crippen MR) is 82.0 cm³/mol. The number of anilines is 3. The Balaban J connectivity index is 1.66. The molecule has 0 amide bonds. The fourth-order valence-electron chi connectivity index (χ4n) is 2.51. The van der Waals surface area contributed by atoms with Gasteiger partial charge >= 0.3 is 0 Å². The van der Waals surface area contributed by atoms with Gasteiger partial charge < -0.3 is 15.4 Å². The lowest BCUT2D eigenvalue weighted by molar-refractivity contribution is 0.415. The molecule has 2 N–H and O–H groups in total. The van der Waals surface area contributed by atoms with Gasteiger partial charge in [0.2, 0.25) is 5.95 Å². The van der Waals surface area contributed by atoms with E-state index >= 15 is 0 Å². The van der Waals surface area contributed by atoms with Gasteiger partial charge in [0.1, 0.15) is 5.75 Å². The molecule has 1 aliphatic carbocycles. The second kappa shape index (κ2) is 6.39. The molecule has 0 bridgehead atoms. The smallest absolute Gasteiger partial charge is 0.249 e. The largest absolute Gasteiger partial charge is 0.497 e. The molecule has 21 heavy (non-hydrogen) atoms. The number of aromatic nitrogens is 3. The molecule has 0 saturated heterocycles. The first kappa shape index (κ1) is 13.6. The first-order valence-corrected chi connectivity index (χ1v) is 7.21. The van der Waals surface area contributed by atoms with Gasteiger partial charge in [-0.25, -0.2) is 0 Å². The van der Waals surface area contributed by atoms with E-state index in [0.717, 1.165) is 17.3 Å². The third kappa shape index (κ3) is 3.59. The molecule has 6 heteroatoms. The lowest BCUT2D eigenvalue weighted by atomic mass is 10.2. The van der Waals surface area contributed by atoms with Crippen molar-refractivity contribution < 1.29 is 4.74 Å². The summed E-state index contributed by atoms with van der Waals surface area (Å²) in [7, 11) is 1.65. The maximum atomic E-state index is 5.13. The summed E-state index contributed by atoms with van der Waals surface area (Å²) in [6, 6.07) is 8.11. The van der Waals surface area contributed by atoms with E-state index in [9.17, 15) is 0 Å². The van der Waals surface area contributed by atoms with Crippen LogP contribution in [0.2, 0.25) is 0 Å². The van der Waals surface area contributed by atoms with Crippen LogP contribution >= 0.6 is 0 Å². The van der Waals surface area contributed by atoms with Gasteiger partial charge in [-0.15, -0.1) is 5.10 Å². The third-order valence-electron chi connectivity index (χ3n) is 3.61. The zero-order valence-electron chi connectivity index (χ0n) is 12.0. The van der Waals surface area contributed by atoms with E-state index in [2.05, 4.69) is 25.8 Å². The molecule has 1 aromatic heterocycles. The topological polar surface area (TPSA) is 72.0 Å². The number of methoxy groups -OCH3 is 1. The van der Waals surface area contributed by atoms with Crippen molar-refractivity contribution in [3.8, 4) is 5.75 Å². The molecule has 0 unspecified atom stereocenters. The Morgan fingerprint density at radius 1 is 1.14 bits per heavy atom. The summed E-state index contributed by atoms with van der Waals surface area (Å²) in [4.78, 5) is 4.45. The van der Waals surface area contributed by atoms with Crippen molar-refractivity contribution in [2.75, 3.05) is 17.7 Å². The lowest BCUT2D eigenvalue weighted by Gasteiger charge is -2.12. The van der Waals surface area contributed by atoms with E-state index in [1.807, 2.05) is 24.3 Å². The van der Waals surface area contributed by atoms with Crippen molar-refractivity contribution in [1.29, 1.82) is 0 Å². The zero-order valence-corrected chi connectivity index (χ0v) is 12.0. The van der Waals surface area contributed by atoms with Crippen LogP contribution in [0.5, 0.6) is 5.75 Å². The zero-order chi connectivity index (χ0) is 14.5. The Morgan fingerprint density at radius 2 is 1.90 bits per heavy atom. The molecule has 1 aliphatic rings. The normalized spacial score (nSPS) is 14.9. The molecule has 2 aromatic rings. The number of hydrogen-bond acceptors (Lipinski definition) is 6. The van der Waals surface area contributed by atoms with Gasteiger partial charge in [0.15, 0.2) is 5.82 Å². The number of rotatable bonds is 5. The maximum absolute atomic E-state index is 5.13. The minimum atomic E-state index is 0.489. The minimum Gasteiger partial charge on any atom is -0.497 e. The molecule has 0 spiro atoms. The molecule has 110 valence electrons. The van der Waals surface area contributed by atoms with E-state index in [1.165, 1.54) is 25.7 Å². The Hall–Kier alpha value is -2.37. The Kier molecular flexibility index (Phi) is 4.14. The summed E-state index contributed by atoms with van der Waals surface area (Å²) >= 11 is 0. The van der Waals surface area contributed by atoms with Crippen LogP contribution in [0.15, 0.2) is 30.5 Å². The van der Waals surface area contributed by atoms with Crippen molar-refractivity contribution in [1.82, 2.24) is 15.2 Å². The summed E-state index contributed by atoms with van der Waals surface area (Å²) in [6.07, 6.45) is 6.63. The highest BCUT2D eigenvalue weighted by atomic mass is 16.5. The summed E-state index contributed by atoms with van der Waals surface area (Å²) in [6.45, 7) is 0. The Morgan fingerprint density at radius 3 is 2.62 bits per heavy atom. The van der Waals surface area contributed by atoms with Crippen LogP contribution in [-0.2, 0) is 0 Å². The summed E-state index contributed by atoms with van der Waals surface area (Å²) < 4.78 is 5.13. The average molecular weight is 285 g/mol. The molecule has 6 nitrogen and oxygen atoms in total. The predicted octanol–water partition coefficient (Wildman–Crippen LogP) is 2.98. The molecule has 0 aliphatic heterocycles. The SMILES string of the molecule is COc1ccc(Nc2nncc(NC3CCCC3)n2)cc1. The highest BCUT2D eigenvalue weighted by Gasteiger charge is 2.15. The molecular weight excluding hydrogens is 266 g/mol. The van der Waals surface area contributed by atoms with Crippen LogP contribution in [0.25, 0.3) is 0 Å². The second-order valence-corrected chi connectivity index (χ2v) is 5.14. The van der Waals surface area contributed by atoms with Crippen LogP contribution in [0.1, 0.15) is 25.7 Å². The fraction of sp³-hybridized carbons (Fsp3) is 0.400. The van der Waals surface area contributed by atoms with Crippen molar-refractivity contribution in [2.24, 2.45) is 0 Å². The first-order valence-electron chi connectivity index (χ1n) is 7.21. The van der Waals surface area contributed by atoms with E-state index in [1.54, 1.807) is 13.3 Å².